The molecule has 180 valence electrons. The van der Waals surface area contributed by atoms with Crippen molar-refractivity contribution >= 4 is 54.9 Å². The van der Waals surface area contributed by atoms with Crippen molar-refractivity contribution in [3.05, 3.63) is 46.2 Å². The van der Waals surface area contributed by atoms with Crippen molar-refractivity contribution < 1.29 is 32.2 Å². The van der Waals surface area contributed by atoms with Crippen LogP contribution < -0.4 is 14.3 Å². The normalized spacial score (nSPS) is 13.8. The van der Waals surface area contributed by atoms with Crippen LogP contribution in [0.15, 0.2) is 46.3 Å². The maximum Gasteiger partial charge on any atom is 0.307 e. The van der Waals surface area contributed by atoms with E-state index in [0.29, 0.717) is 34.5 Å². The van der Waals surface area contributed by atoms with E-state index in [1.165, 1.54) is 42.7 Å². The lowest BCUT2D eigenvalue weighted by molar-refractivity contribution is -0.140. The largest absolute Gasteiger partial charge is 0.486 e. The molecule has 0 unspecified atom stereocenters. The van der Waals surface area contributed by atoms with E-state index < -0.39 is 21.7 Å². The molecule has 1 aromatic heterocycles. The second kappa shape index (κ2) is 10.2. The lowest BCUT2D eigenvalue weighted by Gasteiger charge is -2.18. The fourth-order valence-corrected chi connectivity index (χ4v) is 5.80. The summed E-state index contributed by atoms with van der Waals surface area (Å²) >= 11 is 7.05. The van der Waals surface area contributed by atoms with Crippen LogP contribution in [0.2, 0.25) is 5.02 Å². The number of hydrogen-bond acceptors (Lipinski definition) is 8. The van der Waals surface area contributed by atoms with Gasteiger partial charge in [-0.2, -0.15) is 4.99 Å². The number of aromatic nitrogens is 1. The maximum absolute atomic E-state index is 12.6. The number of nitrogens with zero attached hydrogens (tertiary/aromatic N) is 2. The fraction of sp³-hybridized carbons (Fsp3) is 0.318. The number of carbonyl (C=O) groups is 2. The smallest absolute Gasteiger partial charge is 0.307 e. The number of halogens is 1. The lowest BCUT2D eigenvalue weighted by atomic mass is 10.2. The zero-order valence-corrected chi connectivity index (χ0v) is 20.5. The third kappa shape index (κ3) is 5.43. The summed E-state index contributed by atoms with van der Waals surface area (Å²) in [6.07, 6.45) is -0.220. The third-order valence-corrected chi connectivity index (χ3v) is 8.12. The molecule has 0 bridgehead atoms. The molecule has 34 heavy (non-hydrogen) atoms. The molecule has 4 rings (SSSR count). The van der Waals surface area contributed by atoms with E-state index in [-0.39, 0.29) is 30.0 Å². The first-order valence-corrected chi connectivity index (χ1v) is 13.2. The van der Waals surface area contributed by atoms with Gasteiger partial charge in [0.1, 0.15) is 13.2 Å². The van der Waals surface area contributed by atoms with Crippen LogP contribution in [0.3, 0.4) is 0 Å². The number of benzene rings is 2. The van der Waals surface area contributed by atoms with Gasteiger partial charge in [0.05, 0.1) is 34.4 Å². The number of ether oxygens (including phenoxy) is 3. The number of thiazole rings is 1. The van der Waals surface area contributed by atoms with Crippen LogP contribution in [0.1, 0.15) is 12.8 Å². The van der Waals surface area contributed by atoms with Crippen molar-refractivity contribution in [3.8, 4) is 11.5 Å². The first kappa shape index (κ1) is 24.2. The SMILES string of the molecule is COC(=O)CCn1c(=NC(=O)CCS(=O)(=O)c2ccc(Cl)cc2)sc2cc3c(cc21)OCCO3. The van der Waals surface area contributed by atoms with Crippen LogP contribution in [0, 0.1) is 0 Å². The minimum absolute atomic E-state index is 0.0725. The summed E-state index contributed by atoms with van der Waals surface area (Å²) in [6, 6.07) is 9.35. The zero-order chi connectivity index (χ0) is 24.3. The molecule has 0 aliphatic carbocycles. The zero-order valence-electron chi connectivity index (χ0n) is 18.2. The number of esters is 1. The first-order valence-electron chi connectivity index (χ1n) is 10.3. The molecule has 0 saturated heterocycles. The fourth-order valence-electron chi connectivity index (χ4n) is 3.36. The van der Waals surface area contributed by atoms with Crippen molar-refractivity contribution in [1.29, 1.82) is 0 Å². The number of methoxy groups -OCH3 is 1. The molecule has 0 atom stereocenters. The van der Waals surface area contributed by atoms with E-state index in [4.69, 9.17) is 25.8 Å². The monoisotopic (exact) mass is 524 g/mol. The average molecular weight is 525 g/mol. The molecule has 12 heteroatoms. The summed E-state index contributed by atoms with van der Waals surface area (Å²) in [6.45, 7) is 1.08. The van der Waals surface area contributed by atoms with Crippen molar-refractivity contribution in [2.24, 2.45) is 4.99 Å². The Morgan fingerprint density at radius 2 is 1.79 bits per heavy atom. The predicted octanol–water partition coefficient (Wildman–Crippen LogP) is 2.98. The average Bonchev–Trinajstić information content (AvgIpc) is 3.15. The molecule has 2 heterocycles. The van der Waals surface area contributed by atoms with Gasteiger partial charge in [-0.05, 0) is 24.3 Å². The highest BCUT2D eigenvalue weighted by Crippen LogP contribution is 2.35. The molecule has 1 aliphatic rings. The Labute approximate surface area is 204 Å². The Bertz CT molecular complexity index is 1410. The second-order valence-corrected chi connectivity index (χ2v) is 10.9. The van der Waals surface area contributed by atoms with Crippen LogP contribution in [0.4, 0.5) is 0 Å². The Hall–Kier alpha value is -2.89. The Morgan fingerprint density at radius 1 is 1.12 bits per heavy atom. The minimum Gasteiger partial charge on any atom is -0.486 e. The van der Waals surface area contributed by atoms with E-state index in [1.807, 2.05) is 0 Å². The van der Waals surface area contributed by atoms with E-state index in [9.17, 15) is 18.0 Å². The first-order chi connectivity index (χ1) is 16.3. The van der Waals surface area contributed by atoms with Gasteiger partial charge in [0.25, 0.3) is 0 Å². The molecule has 2 aromatic carbocycles. The molecule has 9 nitrogen and oxygen atoms in total. The van der Waals surface area contributed by atoms with Gasteiger partial charge < -0.3 is 18.8 Å². The van der Waals surface area contributed by atoms with Crippen molar-refractivity contribution in [2.75, 3.05) is 26.1 Å². The number of rotatable bonds is 7. The lowest BCUT2D eigenvalue weighted by Crippen LogP contribution is -2.20. The third-order valence-electron chi connectivity index (χ3n) is 5.09. The summed E-state index contributed by atoms with van der Waals surface area (Å²) < 4.78 is 43.6. The summed E-state index contributed by atoms with van der Waals surface area (Å²) in [4.78, 5) is 28.9. The highest BCUT2D eigenvalue weighted by atomic mass is 35.5. The molecular weight excluding hydrogens is 504 g/mol. The van der Waals surface area contributed by atoms with Gasteiger partial charge in [0.2, 0.25) is 5.91 Å². The van der Waals surface area contributed by atoms with Crippen LogP contribution in [0.25, 0.3) is 10.2 Å². The summed E-state index contributed by atoms with van der Waals surface area (Å²) in [5.41, 5.74) is 0.721. The predicted molar refractivity (Wildman–Crippen MR) is 126 cm³/mol. The van der Waals surface area contributed by atoms with Gasteiger partial charge in [-0.1, -0.05) is 22.9 Å². The van der Waals surface area contributed by atoms with Crippen molar-refractivity contribution in [2.45, 2.75) is 24.3 Å². The molecule has 1 aliphatic heterocycles. The molecule has 3 aromatic rings. The quantitative estimate of drug-likeness (QED) is 0.436. The van der Waals surface area contributed by atoms with Gasteiger partial charge in [0.15, 0.2) is 26.1 Å². The molecule has 0 radical (unpaired) electrons. The van der Waals surface area contributed by atoms with Crippen molar-refractivity contribution in [3.63, 3.8) is 0 Å². The molecule has 0 saturated carbocycles. The van der Waals surface area contributed by atoms with Crippen LogP contribution in [-0.4, -0.2) is 50.9 Å². The number of hydrogen-bond donors (Lipinski definition) is 0. The highest BCUT2D eigenvalue weighted by molar-refractivity contribution is 7.91. The minimum atomic E-state index is -3.67. The van der Waals surface area contributed by atoms with E-state index in [2.05, 4.69) is 4.99 Å². The van der Waals surface area contributed by atoms with E-state index >= 15 is 0 Å². The molecule has 1 amide bonds. The standard InChI is InChI=1S/C22H21ClN2O7S2/c1-30-21(27)6-8-25-16-12-17-18(32-10-9-31-17)13-19(16)33-22(25)24-20(26)7-11-34(28,29)15-4-2-14(23)3-5-15/h2-5,12-13H,6-11H2,1H3. The number of aryl methyl sites for hydroxylation is 1. The molecule has 0 N–H and O–H groups in total. The van der Waals surface area contributed by atoms with Gasteiger partial charge in [-0.15, -0.1) is 0 Å². The second-order valence-electron chi connectivity index (χ2n) is 7.35. The molecule has 0 spiro atoms. The number of carbonyl (C=O) groups excluding carboxylic acids is 2. The van der Waals surface area contributed by atoms with Gasteiger partial charge in [0, 0.05) is 30.1 Å². The number of fused-ring (bicyclic) bond motifs is 2. The van der Waals surface area contributed by atoms with Crippen LogP contribution in [0.5, 0.6) is 11.5 Å². The van der Waals surface area contributed by atoms with Gasteiger partial charge >= 0.3 is 5.97 Å². The van der Waals surface area contributed by atoms with Crippen molar-refractivity contribution in [1.82, 2.24) is 4.57 Å². The van der Waals surface area contributed by atoms with Gasteiger partial charge in [-0.25, -0.2) is 8.42 Å². The number of sulfone groups is 1. The Morgan fingerprint density at radius 3 is 2.47 bits per heavy atom. The molecule has 0 fully saturated rings. The maximum atomic E-state index is 12.6. The van der Waals surface area contributed by atoms with Crippen LogP contribution >= 0.6 is 22.9 Å². The summed E-state index contributed by atoms with van der Waals surface area (Å²) in [5.74, 6) is -0.230. The van der Waals surface area contributed by atoms with Gasteiger partial charge in [-0.3, -0.25) is 9.59 Å². The van der Waals surface area contributed by atoms with E-state index in [0.717, 1.165) is 10.2 Å². The molecular formula is C22H21ClN2O7S2. The summed E-state index contributed by atoms with van der Waals surface area (Å²) in [7, 11) is -2.37. The Balaban J connectivity index is 1.63. The highest BCUT2D eigenvalue weighted by Gasteiger charge is 2.19. The Kier molecular flexibility index (Phi) is 7.24. The topological polar surface area (TPSA) is 113 Å². The van der Waals surface area contributed by atoms with Crippen LogP contribution in [-0.2, 0) is 30.7 Å². The van der Waals surface area contributed by atoms with E-state index in [1.54, 1.807) is 16.7 Å². The number of amides is 1. The summed E-state index contributed by atoms with van der Waals surface area (Å²) in [5, 5.41) is 0.420.